The average Bonchev–Trinajstić information content (AvgIpc) is 2.95. The van der Waals surface area contributed by atoms with Gasteiger partial charge in [0.15, 0.2) is 10.8 Å². The fourth-order valence-electron chi connectivity index (χ4n) is 2.00. The second-order valence-electron chi connectivity index (χ2n) is 4.26. The van der Waals surface area contributed by atoms with Gasteiger partial charge in [-0.3, -0.25) is 4.79 Å². The molecule has 1 aliphatic heterocycles. The standard InChI is InChI=1S/C10H9F3N4OS/c11-10(12,13)8-14-6-5(7(18)16-8)19-9(15-6)17-3-1-2-4-17/h1-4H2,(H,14,16,18). The van der Waals surface area contributed by atoms with Crippen LogP contribution in [0.25, 0.3) is 10.3 Å². The highest BCUT2D eigenvalue weighted by Gasteiger charge is 2.35. The number of aromatic nitrogens is 3. The number of nitrogens with zero attached hydrogens (tertiary/aromatic N) is 3. The fourth-order valence-corrected chi connectivity index (χ4v) is 2.95. The first-order valence-corrected chi connectivity index (χ1v) is 6.50. The van der Waals surface area contributed by atoms with Crippen molar-refractivity contribution in [2.75, 3.05) is 18.0 Å². The van der Waals surface area contributed by atoms with Crippen LogP contribution in [0.15, 0.2) is 4.79 Å². The highest BCUT2D eigenvalue weighted by atomic mass is 32.1. The van der Waals surface area contributed by atoms with E-state index in [0.717, 1.165) is 37.3 Å². The predicted molar refractivity (Wildman–Crippen MR) is 64.5 cm³/mol. The van der Waals surface area contributed by atoms with E-state index in [4.69, 9.17) is 0 Å². The lowest BCUT2D eigenvalue weighted by molar-refractivity contribution is -0.144. The number of alkyl halides is 3. The normalized spacial score (nSPS) is 16.5. The van der Waals surface area contributed by atoms with E-state index in [1.165, 1.54) is 0 Å². The van der Waals surface area contributed by atoms with Crippen molar-refractivity contribution in [3.05, 3.63) is 16.2 Å². The van der Waals surface area contributed by atoms with E-state index in [1.54, 1.807) is 4.98 Å². The maximum Gasteiger partial charge on any atom is 0.449 e. The summed E-state index contributed by atoms with van der Waals surface area (Å²) >= 11 is 1.08. The second-order valence-corrected chi connectivity index (χ2v) is 5.23. The van der Waals surface area contributed by atoms with Crippen molar-refractivity contribution >= 4 is 26.8 Å². The molecule has 3 heterocycles. The summed E-state index contributed by atoms with van der Waals surface area (Å²) in [5.74, 6) is -1.30. The molecule has 2 aromatic rings. The molecule has 0 amide bonds. The molecule has 5 nitrogen and oxygen atoms in total. The highest BCUT2D eigenvalue weighted by molar-refractivity contribution is 7.22. The molecule has 0 radical (unpaired) electrons. The largest absolute Gasteiger partial charge is 0.449 e. The summed E-state index contributed by atoms with van der Waals surface area (Å²) in [5, 5.41) is 0.560. The number of anilines is 1. The van der Waals surface area contributed by atoms with Gasteiger partial charge in [0.2, 0.25) is 5.82 Å². The van der Waals surface area contributed by atoms with E-state index < -0.39 is 17.6 Å². The monoisotopic (exact) mass is 290 g/mol. The molecule has 0 atom stereocenters. The van der Waals surface area contributed by atoms with Crippen LogP contribution in [0.1, 0.15) is 18.7 Å². The Kier molecular flexibility index (Phi) is 2.73. The van der Waals surface area contributed by atoms with Crippen LogP contribution < -0.4 is 10.5 Å². The van der Waals surface area contributed by atoms with Crippen LogP contribution in [0.2, 0.25) is 0 Å². The number of fused-ring (bicyclic) bond motifs is 1. The molecule has 0 spiro atoms. The fraction of sp³-hybridized carbons (Fsp3) is 0.500. The Balaban J connectivity index is 2.12. The van der Waals surface area contributed by atoms with Crippen molar-refractivity contribution in [1.29, 1.82) is 0 Å². The van der Waals surface area contributed by atoms with E-state index in [1.807, 2.05) is 4.90 Å². The van der Waals surface area contributed by atoms with Gasteiger partial charge in [-0.25, -0.2) is 4.98 Å². The maximum atomic E-state index is 12.5. The van der Waals surface area contributed by atoms with Gasteiger partial charge in [0.05, 0.1) is 0 Å². The van der Waals surface area contributed by atoms with Crippen molar-refractivity contribution in [2.24, 2.45) is 0 Å². The van der Waals surface area contributed by atoms with Gasteiger partial charge >= 0.3 is 6.18 Å². The molecular formula is C10H9F3N4OS. The molecule has 9 heteroatoms. The number of thiazole rings is 1. The minimum Gasteiger partial charge on any atom is -0.348 e. The van der Waals surface area contributed by atoms with Crippen molar-refractivity contribution in [1.82, 2.24) is 15.0 Å². The van der Waals surface area contributed by atoms with Gasteiger partial charge < -0.3 is 9.88 Å². The molecule has 0 bridgehead atoms. The minimum absolute atomic E-state index is 0.134. The van der Waals surface area contributed by atoms with Crippen molar-refractivity contribution < 1.29 is 13.2 Å². The quantitative estimate of drug-likeness (QED) is 0.872. The highest BCUT2D eigenvalue weighted by Crippen LogP contribution is 2.30. The molecule has 0 aromatic carbocycles. The Morgan fingerprint density at radius 2 is 1.89 bits per heavy atom. The van der Waals surface area contributed by atoms with E-state index in [0.29, 0.717) is 5.13 Å². The third-order valence-corrected chi connectivity index (χ3v) is 4.00. The Labute approximate surface area is 109 Å². The summed E-state index contributed by atoms with van der Waals surface area (Å²) in [6, 6.07) is 0. The smallest absolute Gasteiger partial charge is 0.348 e. The predicted octanol–water partition coefficient (Wildman–Crippen LogP) is 2.00. The van der Waals surface area contributed by atoms with Gasteiger partial charge in [-0.2, -0.15) is 18.2 Å². The number of rotatable bonds is 1. The Morgan fingerprint density at radius 3 is 2.53 bits per heavy atom. The van der Waals surface area contributed by atoms with Gasteiger partial charge in [0, 0.05) is 13.1 Å². The summed E-state index contributed by atoms with van der Waals surface area (Å²) in [7, 11) is 0. The molecule has 0 aliphatic carbocycles. The van der Waals surface area contributed by atoms with Gasteiger partial charge in [0.1, 0.15) is 4.70 Å². The number of nitrogens with one attached hydrogen (secondary N) is 1. The van der Waals surface area contributed by atoms with Crippen LogP contribution in [-0.4, -0.2) is 28.0 Å². The topological polar surface area (TPSA) is 61.9 Å². The first-order chi connectivity index (χ1) is 8.95. The van der Waals surface area contributed by atoms with Crippen molar-refractivity contribution in [2.45, 2.75) is 19.0 Å². The summed E-state index contributed by atoms with van der Waals surface area (Å²) in [4.78, 5) is 22.8. The Bertz CT molecular complexity index is 671. The zero-order valence-electron chi connectivity index (χ0n) is 9.62. The molecule has 19 heavy (non-hydrogen) atoms. The van der Waals surface area contributed by atoms with Crippen molar-refractivity contribution in [3.8, 4) is 0 Å². The number of H-pyrrole nitrogens is 1. The Morgan fingerprint density at radius 1 is 1.21 bits per heavy atom. The number of aromatic amines is 1. The maximum absolute atomic E-state index is 12.5. The molecule has 2 aromatic heterocycles. The van der Waals surface area contributed by atoms with E-state index >= 15 is 0 Å². The van der Waals surface area contributed by atoms with Crippen LogP contribution in [0.4, 0.5) is 18.3 Å². The molecular weight excluding hydrogens is 281 g/mol. The van der Waals surface area contributed by atoms with Crippen molar-refractivity contribution in [3.63, 3.8) is 0 Å². The molecule has 102 valence electrons. The molecule has 3 rings (SSSR count). The lowest BCUT2D eigenvalue weighted by Gasteiger charge is -2.11. The van der Waals surface area contributed by atoms with Gasteiger partial charge in [0.25, 0.3) is 5.56 Å². The molecule has 0 unspecified atom stereocenters. The Hall–Kier alpha value is -1.64. The van der Waals surface area contributed by atoms with E-state index in [9.17, 15) is 18.0 Å². The van der Waals surface area contributed by atoms with Gasteiger partial charge in [-0.1, -0.05) is 11.3 Å². The van der Waals surface area contributed by atoms with Crippen LogP contribution in [-0.2, 0) is 6.18 Å². The summed E-state index contributed by atoms with van der Waals surface area (Å²) in [6.45, 7) is 1.62. The lowest BCUT2D eigenvalue weighted by atomic mass is 10.4. The first-order valence-electron chi connectivity index (χ1n) is 5.68. The number of halogens is 3. The minimum atomic E-state index is -4.68. The third-order valence-electron chi connectivity index (χ3n) is 2.90. The SMILES string of the molecule is O=c1[nH]c(C(F)(F)F)nc2nc(N3CCCC3)sc12. The second kappa shape index (κ2) is 4.19. The zero-order chi connectivity index (χ0) is 13.6. The average molecular weight is 290 g/mol. The molecule has 0 saturated carbocycles. The lowest BCUT2D eigenvalue weighted by Crippen LogP contribution is -2.18. The zero-order valence-corrected chi connectivity index (χ0v) is 10.4. The number of hydrogen-bond donors (Lipinski definition) is 1. The summed E-state index contributed by atoms with van der Waals surface area (Å²) < 4.78 is 37.7. The molecule has 1 aliphatic rings. The molecule has 1 fully saturated rings. The van der Waals surface area contributed by atoms with Gasteiger partial charge in [-0.05, 0) is 12.8 Å². The summed E-state index contributed by atoms with van der Waals surface area (Å²) in [5.41, 5.74) is -0.928. The van der Waals surface area contributed by atoms with Crippen LogP contribution in [0, 0.1) is 0 Å². The van der Waals surface area contributed by atoms with Crippen LogP contribution in [0.5, 0.6) is 0 Å². The molecule has 1 N–H and O–H groups in total. The summed E-state index contributed by atoms with van der Waals surface area (Å²) in [6.07, 6.45) is -2.63. The first kappa shape index (κ1) is 12.4. The van der Waals surface area contributed by atoms with Crippen LogP contribution >= 0.6 is 11.3 Å². The van der Waals surface area contributed by atoms with Gasteiger partial charge in [-0.15, -0.1) is 0 Å². The van der Waals surface area contributed by atoms with Crippen LogP contribution in [0.3, 0.4) is 0 Å². The molecule has 1 saturated heterocycles. The van der Waals surface area contributed by atoms with E-state index in [2.05, 4.69) is 9.97 Å². The van der Waals surface area contributed by atoms with E-state index in [-0.39, 0.29) is 10.3 Å². The number of hydrogen-bond acceptors (Lipinski definition) is 5. The third kappa shape index (κ3) is 2.18.